The number of carbonyl (C=O) groups is 8. The second-order valence-electron chi connectivity index (χ2n) is 13.9. The molecular weight excluding hydrogens is 783 g/mol. The second kappa shape index (κ2) is 17.7. The number of piperazine rings is 1. The van der Waals surface area contributed by atoms with Crippen molar-refractivity contribution in [3.63, 3.8) is 0 Å². The maximum absolute atomic E-state index is 14.3. The Hall–Kier alpha value is -5.56. The van der Waals surface area contributed by atoms with Gasteiger partial charge in [0.25, 0.3) is 5.91 Å². The molecule has 2 aromatic rings. The zero-order valence-corrected chi connectivity index (χ0v) is 33.8. The lowest BCUT2D eigenvalue weighted by Gasteiger charge is -2.58. The van der Waals surface area contributed by atoms with Crippen molar-refractivity contribution in [3.05, 3.63) is 77.0 Å². The van der Waals surface area contributed by atoms with Crippen molar-refractivity contribution in [1.29, 1.82) is 0 Å². The number of nitrogens with one attached hydrogen (secondary N) is 2. The zero-order chi connectivity index (χ0) is 41.7. The normalized spacial score (nSPS) is 19.9. The van der Waals surface area contributed by atoms with Gasteiger partial charge in [0.2, 0.25) is 5.91 Å². The first kappa shape index (κ1) is 42.6. The van der Waals surface area contributed by atoms with Crippen molar-refractivity contribution < 1.29 is 57.3 Å². The number of urea groups is 1. The third-order valence-corrected chi connectivity index (χ3v) is 12.0. The van der Waals surface area contributed by atoms with Gasteiger partial charge in [-0.2, -0.15) is 0 Å². The van der Waals surface area contributed by atoms with Crippen LogP contribution in [0.2, 0.25) is 0 Å². The molecule has 2 saturated heterocycles. The molecule has 2 unspecified atom stereocenters. The number of hydrogen-bond donors (Lipinski definition) is 2. The third-order valence-electron chi connectivity index (χ3n) is 8.86. The molecule has 2 N–H and O–H groups in total. The van der Waals surface area contributed by atoms with Crippen LogP contribution in [0, 0.1) is 0 Å². The van der Waals surface area contributed by atoms with Crippen LogP contribution in [0.5, 0.6) is 5.75 Å². The van der Waals surface area contributed by atoms with Crippen molar-refractivity contribution in [2.45, 2.75) is 63.1 Å². The summed E-state index contributed by atoms with van der Waals surface area (Å²) in [5.74, 6) is -4.72. The highest BCUT2D eigenvalue weighted by Crippen LogP contribution is 2.55. The molecule has 2 aromatic carbocycles. The van der Waals surface area contributed by atoms with Crippen LogP contribution in [0.15, 0.2) is 65.9 Å². The molecular formula is C38H43N5O12S2. The van der Waals surface area contributed by atoms with Gasteiger partial charge in [0.15, 0.2) is 10.2 Å². The van der Waals surface area contributed by atoms with Crippen molar-refractivity contribution in [2.24, 2.45) is 0 Å². The summed E-state index contributed by atoms with van der Waals surface area (Å²) in [4.78, 5) is 108. The Morgan fingerprint density at radius 1 is 0.947 bits per heavy atom. The van der Waals surface area contributed by atoms with Gasteiger partial charge in [-0.05, 0) is 57.2 Å². The molecule has 0 aliphatic carbocycles. The number of hydrogen-bond acceptors (Lipinski definition) is 14. The zero-order valence-electron chi connectivity index (χ0n) is 32.2. The number of carbonyl (C=O) groups excluding carboxylic acids is 8. The number of fused-ring (bicyclic) bond motifs is 1. The van der Waals surface area contributed by atoms with Crippen LogP contribution < -0.4 is 15.4 Å². The molecule has 3 aliphatic rings. The number of β-lactam (4-membered cyclic amide) rings is 1. The lowest BCUT2D eigenvalue weighted by atomic mass is 10.00. The fourth-order valence-corrected chi connectivity index (χ4v) is 8.73. The highest BCUT2D eigenvalue weighted by atomic mass is 32.2. The van der Waals surface area contributed by atoms with E-state index in [-0.39, 0.29) is 55.6 Å². The number of likely N-dealkylation sites (N-methyl/N-ethyl adjacent to an activating group) is 1. The van der Waals surface area contributed by atoms with E-state index in [1.54, 1.807) is 58.2 Å². The molecule has 3 heterocycles. The van der Waals surface area contributed by atoms with E-state index in [1.165, 1.54) is 64.5 Å². The monoisotopic (exact) mass is 825 g/mol. The first-order valence-electron chi connectivity index (χ1n) is 17.8. The summed E-state index contributed by atoms with van der Waals surface area (Å²) in [7, 11) is 0. The lowest BCUT2D eigenvalue weighted by molar-refractivity contribution is -0.160. The van der Waals surface area contributed by atoms with E-state index in [0.29, 0.717) is 10.5 Å². The molecule has 0 spiro atoms. The average Bonchev–Trinajstić information content (AvgIpc) is 3.17. The van der Waals surface area contributed by atoms with Crippen LogP contribution in [0.4, 0.5) is 9.59 Å². The standard InChI is InChI=1S/C38H43N5O12S2/c1-7-41-17-18-42(33(48)32(41)47)35(50)39-27(24-13-15-26(16-14-24)54-36(51)53-19-23-11-9-8-10-12-23)30(45)40-29-31(46)43-28(34(49)55-37(3,4)5)25(20-52-22(2)44)21-57-38(29,43)56-6/h8-16,27,29H,7,17-21H2,1-6H3,(H,39,50)(H,40,45)/t27?,29-,38?/m1/s1. The van der Waals surface area contributed by atoms with Crippen LogP contribution in [-0.2, 0) is 49.6 Å². The van der Waals surface area contributed by atoms with E-state index in [0.717, 1.165) is 5.56 Å². The van der Waals surface area contributed by atoms with Crippen LogP contribution >= 0.6 is 23.5 Å². The molecule has 57 heavy (non-hydrogen) atoms. The number of nitrogens with zero attached hydrogens (tertiary/aromatic N) is 3. The van der Waals surface area contributed by atoms with Gasteiger partial charge in [0.05, 0.1) is 0 Å². The third kappa shape index (κ3) is 9.53. The van der Waals surface area contributed by atoms with Gasteiger partial charge < -0.3 is 34.5 Å². The largest absolute Gasteiger partial charge is 0.514 e. The van der Waals surface area contributed by atoms with E-state index < -0.39 is 69.6 Å². The number of ether oxygens (including phenoxy) is 4. The Bertz CT molecular complexity index is 1970. The van der Waals surface area contributed by atoms with E-state index in [1.807, 2.05) is 6.07 Å². The number of benzene rings is 2. The topological polar surface area (TPSA) is 207 Å². The number of esters is 2. The molecule has 3 aliphatic heterocycles. The van der Waals surface area contributed by atoms with Gasteiger partial charge >= 0.3 is 35.9 Å². The predicted octanol–water partition coefficient (Wildman–Crippen LogP) is 3.09. The van der Waals surface area contributed by atoms with E-state index in [4.69, 9.17) is 18.9 Å². The van der Waals surface area contributed by atoms with Gasteiger partial charge in [0.1, 0.15) is 36.3 Å². The van der Waals surface area contributed by atoms with Crippen LogP contribution in [0.25, 0.3) is 0 Å². The Morgan fingerprint density at radius 2 is 1.63 bits per heavy atom. The van der Waals surface area contributed by atoms with Crippen molar-refractivity contribution in [2.75, 3.05) is 38.2 Å². The summed E-state index contributed by atoms with van der Waals surface area (Å²) < 4.78 is 20.0. The number of rotatable bonds is 12. The van der Waals surface area contributed by atoms with Crippen LogP contribution in [0.3, 0.4) is 0 Å². The summed E-state index contributed by atoms with van der Waals surface area (Å²) in [6, 6.07) is 10.6. The highest BCUT2D eigenvalue weighted by Gasteiger charge is 2.66. The highest BCUT2D eigenvalue weighted by molar-refractivity contribution is 8.18. The summed E-state index contributed by atoms with van der Waals surface area (Å²) >= 11 is 2.40. The summed E-state index contributed by atoms with van der Waals surface area (Å²) in [6.45, 7) is 7.81. The molecule has 3 atom stereocenters. The quantitative estimate of drug-likeness (QED) is 0.104. The SMILES string of the molecule is CCN1CCN(C(=O)NC(C(=O)N[C@@H]2C(=O)N3C(C(=O)OC(C)(C)C)=C(COC(C)=O)CSC23SC)c2ccc(OC(=O)OCc3ccccc3)cc2)C(=O)C1=O. The minimum Gasteiger partial charge on any atom is -0.461 e. The minimum atomic E-state index is -1.54. The smallest absolute Gasteiger partial charge is 0.461 e. The molecule has 0 bridgehead atoms. The molecule has 0 saturated carbocycles. The van der Waals surface area contributed by atoms with Crippen LogP contribution in [0.1, 0.15) is 51.8 Å². The van der Waals surface area contributed by atoms with Crippen LogP contribution in [-0.4, -0.2) is 117 Å². The molecule has 0 radical (unpaired) electrons. The van der Waals surface area contributed by atoms with Crippen molar-refractivity contribution >= 4 is 71.3 Å². The molecule has 19 heteroatoms. The van der Waals surface area contributed by atoms with Gasteiger partial charge in [-0.15, -0.1) is 23.5 Å². The van der Waals surface area contributed by atoms with Gasteiger partial charge in [-0.25, -0.2) is 14.4 Å². The molecule has 304 valence electrons. The average molecular weight is 826 g/mol. The van der Waals surface area contributed by atoms with Gasteiger partial charge in [-0.3, -0.25) is 33.8 Å². The Balaban J connectivity index is 1.40. The Kier molecular flexibility index (Phi) is 13.2. The Morgan fingerprint density at radius 3 is 2.25 bits per heavy atom. The predicted molar refractivity (Wildman–Crippen MR) is 206 cm³/mol. The fraction of sp³-hybridized carbons (Fsp3) is 0.421. The number of thioether (sulfide) groups is 2. The molecule has 6 amide bonds. The van der Waals surface area contributed by atoms with Gasteiger partial charge in [-0.1, -0.05) is 42.5 Å². The summed E-state index contributed by atoms with van der Waals surface area (Å²) in [6.07, 6.45) is 0.705. The minimum absolute atomic E-state index is 0.0323. The maximum Gasteiger partial charge on any atom is 0.514 e. The summed E-state index contributed by atoms with van der Waals surface area (Å²) in [5.41, 5.74) is 0.202. The van der Waals surface area contributed by atoms with E-state index in [2.05, 4.69) is 10.6 Å². The fourth-order valence-electron chi connectivity index (χ4n) is 6.08. The van der Waals surface area contributed by atoms with Crippen molar-refractivity contribution in [3.8, 4) is 5.75 Å². The molecule has 17 nitrogen and oxygen atoms in total. The van der Waals surface area contributed by atoms with E-state index in [9.17, 15) is 38.4 Å². The lowest BCUT2D eigenvalue weighted by Crippen LogP contribution is -2.77. The molecule has 5 rings (SSSR count). The first-order valence-corrected chi connectivity index (χ1v) is 20.0. The van der Waals surface area contributed by atoms with E-state index >= 15 is 0 Å². The first-order chi connectivity index (χ1) is 27.0. The van der Waals surface area contributed by atoms with Crippen molar-refractivity contribution in [1.82, 2.24) is 25.3 Å². The Labute approximate surface area is 337 Å². The number of imide groups is 1. The second-order valence-corrected chi connectivity index (χ2v) is 16.4. The molecule has 2 fully saturated rings. The maximum atomic E-state index is 14.3. The summed E-state index contributed by atoms with van der Waals surface area (Å²) in [5, 5.41) is 5.25. The number of amides is 6. The molecule has 0 aromatic heterocycles. The van der Waals surface area contributed by atoms with Gasteiger partial charge in [0, 0.05) is 37.9 Å².